The van der Waals surface area contributed by atoms with Gasteiger partial charge in [0.2, 0.25) is 5.95 Å². The van der Waals surface area contributed by atoms with E-state index in [1.54, 1.807) is 14.2 Å². The lowest BCUT2D eigenvalue weighted by molar-refractivity contribution is 0.356. The van der Waals surface area contributed by atoms with Gasteiger partial charge in [0, 0.05) is 22.0 Å². The number of rotatable bonds is 3. The molecule has 0 aliphatic carbocycles. The molecule has 2 aromatic heterocycles. The predicted molar refractivity (Wildman–Crippen MR) is 99.4 cm³/mol. The van der Waals surface area contributed by atoms with E-state index in [1.165, 1.54) is 0 Å². The number of nitrogens with zero attached hydrogens (tertiary/aromatic N) is 2. The number of nitrogens with two attached hydrogens (primary N) is 1. The standard InChI is InChI=1S/C18H15ClN4O2/c1-24-13-7-11-12(8-14(13)25-2)21-17-15(22-18(20)23-16(11)17)9-4-3-5-10(19)6-9/h3-8,21H,1-2H3,(H2,20,22,23). The van der Waals surface area contributed by atoms with Gasteiger partial charge in [-0.1, -0.05) is 23.7 Å². The fourth-order valence-electron chi connectivity index (χ4n) is 2.95. The molecule has 4 rings (SSSR count). The highest BCUT2D eigenvalue weighted by Gasteiger charge is 2.17. The number of halogens is 1. The summed E-state index contributed by atoms with van der Waals surface area (Å²) in [5, 5.41) is 1.51. The lowest BCUT2D eigenvalue weighted by Crippen LogP contribution is -1.97. The Morgan fingerprint density at radius 2 is 1.80 bits per heavy atom. The van der Waals surface area contributed by atoms with Crippen molar-refractivity contribution in [3.05, 3.63) is 41.4 Å². The summed E-state index contributed by atoms with van der Waals surface area (Å²) in [4.78, 5) is 12.2. The Labute approximate surface area is 148 Å². The largest absolute Gasteiger partial charge is 0.493 e. The summed E-state index contributed by atoms with van der Waals surface area (Å²) in [6.45, 7) is 0. The molecule has 4 aromatic rings. The average Bonchev–Trinajstić information content (AvgIpc) is 2.97. The highest BCUT2D eigenvalue weighted by molar-refractivity contribution is 6.30. The fourth-order valence-corrected chi connectivity index (χ4v) is 3.14. The monoisotopic (exact) mass is 354 g/mol. The molecule has 0 atom stereocenters. The van der Waals surface area contributed by atoms with Crippen LogP contribution >= 0.6 is 11.6 Å². The van der Waals surface area contributed by atoms with E-state index in [0.717, 1.165) is 27.5 Å². The summed E-state index contributed by atoms with van der Waals surface area (Å²) in [6.07, 6.45) is 0. The number of fused-ring (bicyclic) bond motifs is 3. The third kappa shape index (κ3) is 2.51. The first-order valence-corrected chi connectivity index (χ1v) is 7.95. The number of hydrogen-bond donors (Lipinski definition) is 2. The van der Waals surface area contributed by atoms with Crippen LogP contribution in [0.5, 0.6) is 11.5 Å². The van der Waals surface area contributed by atoms with Crippen LogP contribution < -0.4 is 15.2 Å². The van der Waals surface area contributed by atoms with Gasteiger partial charge in [-0.3, -0.25) is 0 Å². The minimum atomic E-state index is 0.193. The zero-order chi connectivity index (χ0) is 17.6. The molecule has 0 bridgehead atoms. The second-order valence-corrected chi connectivity index (χ2v) is 5.98. The zero-order valence-corrected chi connectivity index (χ0v) is 14.4. The van der Waals surface area contributed by atoms with Crippen molar-refractivity contribution in [2.45, 2.75) is 0 Å². The molecule has 25 heavy (non-hydrogen) atoms. The van der Waals surface area contributed by atoms with Gasteiger partial charge >= 0.3 is 0 Å². The fraction of sp³-hybridized carbons (Fsp3) is 0.111. The van der Waals surface area contributed by atoms with Gasteiger partial charge in [-0.15, -0.1) is 0 Å². The summed E-state index contributed by atoms with van der Waals surface area (Å²) in [6, 6.07) is 11.2. The maximum atomic E-state index is 6.13. The molecule has 0 saturated heterocycles. The molecule has 0 aliphatic heterocycles. The van der Waals surface area contributed by atoms with Gasteiger partial charge in [0.25, 0.3) is 0 Å². The molecule has 0 unspecified atom stereocenters. The van der Waals surface area contributed by atoms with Crippen LogP contribution in [0.1, 0.15) is 0 Å². The third-order valence-electron chi connectivity index (χ3n) is 4.06. The minimum Gasteiger partial charge on any atom is -0.493 e. The Hall–Kier alpha value is -2.99. The molecule has 0 fully saturated rings. The summed E-state index contributed by atoms with van der Waals surface area (Å²) >= 11 is 6.13. The molecule has 126 valence electrons. The molecule has 0 aliphatic rings. The van der Waals surface area contributed by atoms with Crippen molar-refractivity contribution in [2.75, 3.05) is 20.0 Å². The maximum absolute atomic E-state index is 6.13. The first-order valence-electron chi connectivity index (χ1n) is 7.57. The highest BCUT2D eigenvalue weighted by atomic mass is 35.5. The topological polar surface area (TPSA) is 86.0 Å². The molecule has 0 saturated carbocycles. The van der Waals surface area contributed by atoms with Crippen LogP contribution in [0.15, 0.2) is 36.4 Å². The number of nitrogens with one attached hydrogen (secondary N) is 1. The second-order valence-electron chi connectivity index (χ2n) is 5.54. The van der Waals surface area contributed by atoms with Crippen LogP contribution in [0.25, 0.3) is 33.2 Å². The highest BCUT2D eigenvalue weighted by Crippen LogP contribution is 2.37. The summed E-state index contributed by atoms with van der Waals surface area (Å²) in [5.41, 5.74) is 9.86. The lowest BCUT2D eigenvalue weighted by Gasteiger charge is -2.07. The number of aromatic amines is 1. The van der Waals surface area contributed by atoms with E-state index < -0.39 is 0 Å². The Morgan fingerprint density at radius 1 is 1.04 bits per heavy atom. The average molecular weight is 355 g/mol. The van der Waals surface area contributed by atoms with Crippen LogP contribution in [-0.2, 0) is 0 Å². The quantitative estimate of drug-likeness (QED) is 0.580. The van der Waals surface area contributed by atoms with Crippen LogP contribution in [0.3, 0.4) is 0 Å². The van der Waals surface area contributed by atoms with E-state index in [2.05, 4.69) is 15.0 Å². The molecule has 2 heterocycles. The van der Waals surface area contributed by atoms with Crippen molar-refractivity contribution in [2.24, 2.45) is 0 Å². The van der Waals surface area contributed by atoms with Crippen LogP contribution in [-0.4, -0.2) is 29.2 Å². The number of anilines is 1. The van der Waals surface area contributed by atoms with Gasteiger partial charge in [-0.25, -0.2) is 9.97 Å². The van der Waals surface area contributed by atoms with Gasteiger partial charge in [0.05, 0.1) is 25.3 Å². The smallest absolute Gasteiger partial charge is 0.221 e. The van der Waals surface area contributed by atoms with Gasteiger partial charge < -0.3 is 20.2 Å². The number of benzene rings is 2. The van der Waals surface area contributed by atoms with Crippen LogP contribution in [0.4, 0.5) is 5.95 Å². The number of ether oxygens (including phenoxy) is 2. The number of hydrogen-bond acceptors (Lipinski definition) is 5. The molecule has 0 radical (unpaired) electrons. The SMILES string of the molecule is COc1cc2[nH]c3c(-c4cccc(Cl)c4)nc(N)nc3c2cc1OC. The van der Waals surface area contributed by atoms with E-state index in [4.69, 9.17) is 26.8 Å². The van der Waals surface area contributed by atoms with Crippen LogP contribution in [0, 0.1) is 0 Å². The van der Waals surface area contributed by atoms with Gasteiger partial charge in [-0.2, -0.15) is 0 Å². The first kappa shape index (κ1) is 15.5. The molecule has 0 spiro atoms. The molecular formula is C18H15ClN4O2. The summed E-state index contributed by atoms with van der Waals surface area (Å²) in [5.74, 6) is 1.45. The van der Waals surface area contributed by atoms with Crippen molar-refractivity contribution in [3.8, 4) is 22.8 Å². The van der Waals surface area contributed by atoms with E-state index in [1.807, 2.05) is 36.4 Å². The lowest BCUT2D eigenvalue weighted by atomic mass is 10.1. The minimum absolute atomic E-state index is 0.193. The maximum Gasteiger partial charge on any atom is 0.221 e. The van der Waals surface area contributed by atoms with Crippen molar-refractivity contribution in [3.63, 3.8) is 0 Å². The Morgan fingerprint density at radius 3 is 2.52 bits per heavy atom. The van der Waals surface area contributed by atoms with E-state index in [0.29, 0.717) is 22.2 Å². The summed E-state index contributed by atoms with van der Waals surface area (Å²) < 4.78 is 10.8. The van der Waals surface area contributed by atoms with E-state index in [-0.39, 0.29) is 5.95 Å². The number of methoxy groups -OCH3 is 2. The summed E-state index contributed by atoms with van der Waals surface area (Å²) in [7, 11) is 3.20. The Balaban J connectivity index is 2.08. The Kier molecular flexibility index (Phi) is 3.62. The van der Waals surface area contributed by atoms with Crippen molar-refractivity contribution in [1.82, 2.24) is 15.0 Å². The molecule has 3 N–H and O–H groups in total. The zero-order valence-electron chi connectivity index (χ0n) is 13.6. The van der Waals surface area contributed by atoms with E-state index >= 15 is 0 Å². The molecule has 0 amide bonds. The third-order valence-corrected chi connectivity index (χ3v) is 4.30. The second kappa shape index (κ2) is 5.82. The normalized spacial score (nSPS) is 11.2. The Bertz CT molecular complexity index is 1110. The molecule has 2 aromatic carbocycles. The van der Waals surface area contributed by atoms with Crippen molar-refractivity contribution in [1.29, 1.82) is 0 Å². The van der Waals surface area contributed by atoms with Gasteiger partial charge in [0.15, 0.2) is 11.5 Å². The van der Waals surface area contributed by atoms with Crippen molar-refractivity contribution < 1.29 is 9.47 Å². The van der Waals surface area contributed by atoms with Gasteiger partial charge in [0.1, 0.15) is 11.2 Å². The van der Waals surface area contributed by atoms with E-state index in [9.17, 15) is 0 Å². The van der Waals surface area contributed by atoms with Gasteiger partial charge in [-0.05, 0) is 18.2 Å². The first-order chi connectivity index (χ1) is 12.1. The van der Waals surface area contributed by atoms with Crippen molar-refractivity contribution >= 4 is 39.5 Å². The predicted octanol–water partition coefficient (Wildman–Crippen LogP) is 4.03. The number of nitrogen functional groups attached to an aromatic ring is 1. The number of aromatic nitrogens is 3. The number of H-pyrrole nitrogens is 1. The molecular weight excluding hydrogens is 340 g/mol. The van der Waals surface area contributed by atoms with Crippen LogP contribution in [0.2, 0.25) is 5.02 Å². The molecule has 7 heteroatoms. The molecule has 6 nitrogen and oxygen atoms in total.